The van der Waals surface area contributed by atoms with Crippen LogP contribution in [0.2, 0.25) is 0 Å². The minimum Gasteiger partial charge on any atom is -0.398 e. The molecule has 3 N–H and O–H groups in total. The zero-order valence-electron chi connectivity index (χ0n) is 6.19. The third-order valence-electron chi connectivity index (χ3n) is 1.42. The molecular weight excluding hydrogens is 143 g/mol. The molecule has 3 heteroatoms. The SMILES string of the molecule is CC(=N)c1c(N)cccc1F. The Labute approximate surface area is 64.4 Å². The Kier molecular flexibility index (Phi) is 1.89. The molecule has 0 heterocycles. The molecule has 1 rings (SSSR count). The Balaban J connectivity index is 3.32. The number of nitrogens with one attached hydrogen (secondary N) is 1. The van der Waals surface area contributed by atoms with E-state index in [1.807, 2.05) is 0 Å². The second-order valence-corrected chi connectivity index (χ2v) is 2.33. The van der Waals surface area contributed by atoms with Crippen molar-refractivity contribution in [3.8, 4) is 0 Å². The third-order valence-corrected chi connectivity index (χ3v) is 1.42. The molecule has 1 aromatic rings. The summed E-state index contributed by atoms with van der Waals surface area (Å²) in [6, 6.07) is 4.40. The van der Waals surface area contributed by atoms with Crippen LogP contribution in [0.1, 0.15) is 12.5 Å². The maximum Gasteiger partial charge on any atom is 0.134 e. The van der Waals surface area contributed by atoms with Crippen LogP contribution < -0.4 is 5.73 Å². The second kappa shape index (κ2) is 2.70. The van der Waals surface area contributed by atoms with Gasteiger partial charge in [-0.15, -0.1) is 0 Å². The van der Waals surface area contributed by atoms with Gasteiger partial charge >= 0.3 is 0 Å². The Morgan fingerprint density at radius 2 is 2.18 bits per heavy atom. The standard InChI is InChI=1S/C8H9FN2/c1-5(10)8-6(9)3-2-4-7(8)11/h2-4,10H,11H2,1H3. The number of anilines is 1. The van der Waals surface area contributed by atoms with Gasteiger partial charge in [0.2, 0.25) is 0 Å². The van der Waals surface area contributed by atoms with Crippen LogP contribution in [0, 0.1) is 11.2 Å². The van der Waals surface area contributed by atoms with Crippen molar-refractivity contribution in [2.24, 2.45) is 0 Å². The normalized spacial score (nSPS) is 9.64. The van der Waals surface area contributed by atoms with Crippen LogP contribution in [0.15, 0.2) is 18.2 Å². The molecule has 0 atom stereocenters. The monoisotopic (exact) mass is 152 g/mol. The van der Waals surface area contributed by atoms with Gasteiger partial charge in [0, 0.05) is 11.4 Å². The fraction of sp³-hybridized carbons (Fsp3) is 0.125. The summed E-state index contributed by atoms with van der Waals surface area (Å²) in [5, 5.41) is 7.20. The highest BCUT2D eigenvalue weighted by atomic mass is 19.1. The third kappa shape index (κ3) is 1.37. The fourth-order valence-corrected chi connectivity index (χ4v) is 0.936. The minimum atomic E-state index is -0.433. The Morgan fingerprint density at radius 1 is 1.55 bits per heavy atom. The van der Waals surface area contributed by atoms with E-state index in [0.717, 1.165) is 0 Å². The molecule has 0 saturated carbocycles. The van der Waals surface area contributed by atoms with Crippen LogP contribution in [0.3, 0.4) is 0 Å². The van der Waals surface area contributed by atoms with Crippen LogP contribution in [-0.2, 0) is 0 Å². The van der Waals surface area contributed by atoms with Crippen molar-refractivity contribution in [2.75, 3.05) is 5.73 Å². The topological polar surface area (TPSA) is 49.9 Å². The van der Waals surface area contributed by atoms with E-state index in [0.29, 0.717) is 5.69 Å². The molecule has 0 aromatic heterocycles. The molecule has 11 heavy (non-hydrogen) atoms. The zero-order valence-corrected chi connectivity index (χ0v) is 6.19. The lowest BCUT2D eigenvalue weighted by molar-refractivity contribution is 0.626. The number of nitrogen functional groups attached to an aromatic ring is 1. The molecule has 0 aliphatic heterocycles. The summed E-state index contributed by atoms with van der Waals surface area (Å²) in [7, 11) is 0. The van der Waals surface area contributed by atoms with Gasteiger partial charge in [-0.3, -0.25) is 0 Å². The lowest BCUT2D eigenvalue weighted by Crippen LogP contribution is -2.02. The first-order valence-electron chi connectivity index (χ1n) is 3.22. The summed E-state index contributed by atoms with van der Waals surface area (Å²) in [6.45, 7) is 1.51. The zero-order chi connectivity index (χ0) is 8.43. The molecule has 2 nitrogen and oxygen atoms in total. The van der Waals surface area contributed by atoms with Gasteiger partial charge in [0.1, 0.15) is 5.82 Å². The minimum absolute atomic E-state index is 0.153. The Bertz CT molecular complexity index is 274. The van der Waals surface area contributed by atoms with E-state index in [4.69, 9.17) is 11.1 Å². The van der Waals surface area contributed by atoms with Gasteiger partial charge in [0.15, 0.2) is 0 Å². The van der Waals surface area contributed by atoms with Gasteiger partial charge in [0.25, 0.3) is 0 Å². The number of halogens is 1. The molecule has 0 aliphatic rings. The number of hydrogen-bond acceptors (Lipinski definition) is 2. The summed E-state index contributed by atoms with van der Waals surface area (Å²) in [6.07, 6.45) is 0. The predicted molar refractivity (Wildman–Crippen MR) is 43.3 cm³/mol. The van der Waals surface area contributed by atoms with Gasteiger partial charge in [0.05, 0.1) is 5.56 Å². The maximum atomic E-state index is 12.9. The van der Waals surface area contributed by atoms with Crippen LogP contribution in [0.4, 0.5) is 10.1 Å². The van der Waals surface area contributed by atoms with Crippen molar-refractivity contribution in [2.45, 2.75) is 6.92 Å². The molecule has 58 valence electrons. The molecule has 0 unspecified atom stereocenters. The first-order chi connectivity index (χ1) is 5.13. The van der Waals surface area contributed by atoms with Gasteiger partial charge in [-0.25, -0.2) is 4.39 Å². The maximum absolute atomic E-state index is 12.9. The smallest absolute Gasteiger partial charge is 0.134 e. The molecule has 0 bridgehead atoms. The lowest BCUT2D eigenvalue weighted by Gasteiger charge is -2.03. The summed E-state index contributed by atoms with van der Waals surface area (Å²) < 4.78 is 12.9. The van der Waals surface area contributed by atoms with Crippen LogP contribution in [-0.4, -0.2) is 5.71 Å². The average molecular weight is 152 g/mol. The summed E-state index contributed by atoms with van der Waals surface area (Å²) in [4.78, 5) is 0. The van der Waals surface area contributed by atoms with Gasteiger partial charge in [-0.2, -0.15) is 0 Å². The average Bonchev–Trinajstić information content (AvgIpc) is 1.85. The van der Waals surface area contributed by atoms with E-state index in [9.17, 15) is 4.39 Å². The summed E-state index contributed by atoms with van der Waals surface area (Å²) >= 11 is 0. The Hall–Kier alpha value is -1.38. The quantitative estimate of drug-likeness (QED) is 0.467. The summed E-state index contributed by atoms with van der Waals surface area (Å²) in [5.74, 6) is -0.433. The van der Waals surface area contributed by atoms with Crippen LogP contribution in [0.5, 0.6) is 0 Å². The van der Waals surface area contributed by atoms with Gasteiger partial charge in [-0.1, -0.05) is 6.07 Å². The van der Waals surface area contributed by atoms with Gasteiger partial charge < -0.3 is 11.1 Å². The van der Waals surface area contributed by atoms with Crippen LogP contribution >= 0.6 is 0 Å². The van der Waals surface area contributed by atoms with Crippen molar-refractivity contribution in [1.29, 1.82) is 5.41 Å². The second-order valence-electron chi connectivity index (χ2n) is 2.33. The van der Waals surface area contributed by atoms with Crippen molar-refractivity contribution in [1.82, 2.24) is 0 Å². The van der Waals surface area contributed by atoms with E-state index in [2.05, 4.69) is 0 Å². The molecule has 0 amide bonds. The van der Waals surface area contributed by atoms with E-state index < -0.39 is 5.82 Å². The lowest BCUT2D eigenvalue weighted by atomic mass is 10.1. The van der Waals surface area contributed by atoms with Crippen molar-refractivity contribution in [3.63, 3.8) is 0 Å². The molecule has 0 spiro atoms. The van der Waals surface area contributed by atoms with Crippen LogP contribution in [0.25, 0.3) is 0 Å². The van der Waals surface area contributed by atoms with Crippen molar-refractivity contribution >= 4 is 11.4 Å². The number of benzene rings is 1. The van der Waals surface area contributed by atoms with Crippen molar-refractivity contribution in [3.05, 3.63) is 29.6 Å². The molecular formula is C8H9FN2. The van der Waals surface area contributed by atoms with E-state index in [1.165, 1.54) is 19.1 Å². The predicted octanol–water partition coefficient (Wildman–Crippen LogP) is 1.80. The molecule has 1 aromatic carbocycles. The summed E-state index contributed by atoms with van der Waals surface area (Å²) in [5.41, 5.74) is 6.11. The Morgan fingerprint density at radius 3 is 2.55 bits per heavy atom. The first-order valence-corrected chi connectivity index (χ1v) is 3.22. The van der Waals surface area contributed by atoms with E-state index in [1.54, 1.807) is 6.07 Å². The highest BCUT2D eigenvalue weighted by Crippen LogP contribution is 2.15. The molecule has 0 fully saturated rings. The fourth-order valence-electron chi connectivity index (χ4n) is 0.936. The highest BCUT2D eigenvalue weighted by Gasteiger charge is 2.06. The molecule has 0 radical (unpaired) electrons. The molecule has 0 saturated heterocycles. The molecule has 0 aliphatic carbocycles. The number of hydrogen-bond donors (Lipinski definition) is 2. The number of rotatable bonds is 1. The van der Waals surface area contributed by atoms with E-state index in [-0.39, 0.29) is 11.3 Å². The largest absolute Gasteiger partial charge is 0.398 e. The van der Waals surface area contributed by atoms with Crippen molar-refractivity contribution < 1.29 is 4.39 Å². The van der Waals surface area contributed by atoms with E-state index >= 15 is 0 Å². The highest BCUT2D eigenvalue weighted by molar-refractivity contribution is 6.01. The van der Waals surface area contributed by atoms with Gasteiger partial charge in [-0.05, 0) is 19.1 Å². The first kappa shape index (κ1) is 7.72. The number of nitrogens with two attached hydrogens (primary N) is 1.